The number of benzene rings is 1. The minimum Gasteiger partial charge on any atom is -0.343 e. The van der Waals surface area contributed by atoms with Crippen LogP contribution in [0.2, 0.25) is 0 Å². The second kappa shape index (κ2) is 8.01. The number of rotatable bonds is 4. The van der Waals surface area contributed by atoms with E-state index in [-0.39, 0.29) is 22.6 Å². The van der Waals surface area contributed by atoms with E-state index in [1.54, 1.807) is 18.2 Å². The molecule has 0 amide bonds. The summed E-state index contributed by atoms with van der Waals surface area (Å²) in [5, 5.41) is 5.68. The van der Waals surface area contributed by atoms with E-state index < -0.39 is 5.92 Å². The van der Waals surface area contributed by atoms with Crippen LogP contribution in [0, 0.1) is 11.2 Å². The summed E-state index contributed by atoms with van der Waals surface area (Å²) in [5.41, 5.74) is 2.10. The second-order valence-electron chi connectivity index (χ2n) is 8.92. The number of aromatic amines is 1. The number of halogens is 1. The van der Waals surface area contributed by atoms with Gasteiger partial charge in [0.2, 0.25) is 0 Å². The molecule has 164 valence electrons. The fourth-order valence-corrected chi connectivity index (χ4v) is 6.15. The molecule has 5 nitrogen and oxygen atoms in total. The van der Waals surface area contributed by atoms with Crippen LogP contribution in [0.25, 0.3) is 0 Å². The molecular weight excluding hydrogens is 445 g/mol. The molecule has 8 heteroatoms. The third-order valence-corrected chi connectivity index (χ3v) is 7.71. The lowest BCUT2D eigenvalue weighted by atomic mass is 9.70. The summed E-state index contributed by atoms with van der Waals surface area (Å²) in [4.78, 5) is 34.9. The van der Waals surface area contributed by atoms with Crippen LogP contribution in [0.1, 0.15) is 48.6 Å². The Balaban J connectivity index is 1.56. The topological polar surface area (TPSA) is 74.8 Å². The maximum Gasteiger partial charge on any atom is 0.257 e. The number of carbonyl (C=O) groups is 1. The highest BCUT2D eigenvalue weighted by Crippen LogP contribution is 2.48. The van der Waals surface area contributed by atoms with Gasteiger partial charge in [0.25, 0.3) is 5.56 Å². The van der Waals surface area contributed by atoms with Crippen molar-refractivity contribution in [2.24, 2.45) is 5.41 Å². The summed E-state index contributed by atoms with van der Waals surface area (Å²) >= 11 is 2.81. The van der Waals surface area contributed by atoms with Crippen molar-refractivity contribution in [1.82, 2.24) is 9.97 Å². The highest BCUT2D eigenvalue weighted by molar-refractivity contribution is 7.98. The molecule has 1 aliphatic heterocycles. The zero-order chi connectivity index (χ0) is 22.5. The minimum absolute atomic E-state index is 0.0743. The number of H-pyrrole nitrogens is 1. The molecule has 0 bridgehead atoms. The van der Waals surface area contributed by atoms with Gasteiger partial charge in [0.1, 0.15) is 11.6 Å². The Labute approximate surface area is 193 Å². The Morgan fingerprint density at radius 2 is 2.00 bits per heavy atom. The van der Waals surface area contributed by atoms with Gasteiger partial charge in [-0.15, -0.1) is 11.3 Å². The van der Waals surface area contributed by atoms with Gasteiger partial charge in [-0.3, -0.25) is 9.59 Å². The summed E-state index contributed by atoms with van der Waals surface area (Å²) < 4.78 is 14.0. The zero-order valence-electron chi connectivity index (χ0n) is 17.7. The molecular formula is C24H22FN3O2S2. The third-order valence-electron chi connectivity index (χ3n) is 5.85. The van der Waals surface area contributed by atoms with Crippen LogP contribution in [0.4, 0.5) is 10.2 Å². The Morgan fingerprint density at radius 3 is 2.75 bits per heavy atom. The molecule has 2 aromatic heterocycles. The number of allylic oxidation sites excluding steroid dienone is 2. The van der Waals surface area contributed by atoms with E-state index in [0.717, 1.165) is 10.6 Å². The first-order valence-corrected chi connectivity index (χ1v) is 12.3. The van der Waals surface area contributed by atoms with Crippen LogP contribution in [0.3, 0.4) is 0 Å². The van der Waals surface area contributed by atoms with E-state index >= 15 is 0 Å². The average Bonchev–Trinajstić information content (AvgIpc) is 3.25. The summed E-state index contributed by atoms with van der Waals surface area (Å²) in [5.74, 6) is 0.195. The number of thiophene rings is 1. The number of anilines is 1. The molecule has 2 aliphatic rings. The van der Waals surface area contributed by atoms with E-state index in [1.807, 2.05) is 17.5 Å². The molecule has 1 aromatic carbocycles. The summed E-state index contributed by atoms with van der Waals surface area (Å²) in [6.07, 6.45) is 1.16. The molecule has 0 spiro atoms. The first-order chi connectivity index (χ1) is 15.3. The number of thioether (sulfide) groups is 1. The first kappa shape index (κ1) is 21.2. The largest absolute Gasteiger partial charge is 0.343 e. The fraction of sp³-hybridized carbons (Fsp3) is 0.292. The first-order valence-electron chi connectivity index (χ1n) is 10.4. The molecule has 1 atom stereocenters. The number of hydrogen-bond acceptors (Lipinski definition) is 6. The molecule has 3 heterocycles. The van der Waals surface area contributed by atoms with Gasteiger partial charge in [0.05, 0.1) is 11.5 Å². The van der Waals surface area contributed by atoms with Gasteiger partial charge < -0.3 is 10.3 Å². The number of ketones is 1. The quantitative estimate of drug-likeness (QED) is 0.393. The lowest BCUT2D eigenvalue weighted by Crippen LogP contribution is -2.36. The summed E-state index contributed by atoms with van der Waals surface area (Å²) in [6, 6.07) is 10.5. The van der Waals surface area contributed by atoms with Gasteiger partial charge in [-0.2, -0.15) is 0 Å². The Kier molecular flexibility index (Phi) is 5.29. The number of aromatic nitrogens is 2. The highest BCUT2D eigenvalue weighted by Gasteiger charge is 2.42. The molecule has 5 rings (SSSR count). The normalized spacial score (nSPS) is 19.3. The molecule has 0 saturated heterocycles. The lowest BCUT2D eigenvalue weighted by molar-refractivity contribution is -0.118. The smallest absolute Gasteiger partial charge is 0.257 e. The lowest BCUT2D eigenvalue weighted by Gasteiger charge is -2.38. The van der Waals surface area contributed by atoms with Crippen molar-refractivity contribution >= 4 is 34.7 Å². The molecule has 0 radical (unpaired) electrons. The Hall–Kier alpha value is -2.71. The minimum atomic E-state index is -0.424. The van der Waals surface area contributed by atoms with Crippen LogP contribution in [0.5, 0.6) is 0 Å². The predicted molar refractivity (Wildman–Crippen MR) is 126 cm³/mol. The highest BCUT2D eigenvalue weighted by atomic mass is 32.2. The fourth-order valence-electron chi connectivity index (χ4n) is 4.46. The van der Waals surface area contributed by atoms with Crippen LogP contribution >= 0.6 is 23.1 Å². The van der Waals surface area contributed by atoms with Crippen molar-refractivity contribution < 1.29 is 9.18 Å². The molecule has 32 heavy (non-hydrogen) atoms. The molecule has 1 aliphatic carbocycles. The number of hydrogen-bond donors (Lipinski definition) is 2. The Morgan fingerprint density at radius 1 is 1.19 bits per heavy atom. The monoisotopic (exact) mass is 467 g/mol. The van der Waals surface area contributed by atoms with Gasteiger partial charge in [0.15, 0.2) is 10.9 Å². The average molecular weight is 468 g/mol. The van der Waals surface area contributed by atoms with Gasteiger partial charge >= 0.3 is 0 Å². The van der Waals surface area contributed by atoms with E-state index in [0.29, 0.717) is 46.3 Å². The van der Waals surface area contributed by atoms with Crippen molar-refractivity contribution in [1.29, 1.82) is 0 Å². The SMILES string of the molecule is CC1(C)CC(=O)C2=C(C1)Nc1nc(SCc3ccccc3F)[nH]c(=O)c1[C@H]2c1cccs1. The van der Waals surface area contributed by atoms with Gasteiger partial charge in [-0.05, 0) is 34.9 Å². The van der Waals surface area contributed by atoms with Crippen LogP contribution in [0.15, 0.2) is 63.0 Å². The van der Waals surface area contributed by atoms with Crippen molar-refractivity contribution in [2.75, 3.05) is 5.32 Å². The predicted octanol–water partition coefficient (Wildman–Crippen LogP) is 5.46. The van der Waals surface area contributed by atoms with Crippen LogP contribution in [-0.4, -0.2) is 15.8 Å². The number of nitrogens with one attached hydrogen (secondary N) is 2. The maximum atomic E-state index is 14.0. The number of carbonyl (C=O) groups excluding carboxylic acids is 1. The number of nitrogens with zero attached hydrogens (tertiary/aromatic N) is 1. The molecule has 2 N–H and O–H groups in total. The summed E-state index contributed by atoms with van der Waals surface area (Å²) in [7, 11) is 0. The van der Waals surface area contributed by atoms with E-state index in [4.69, 9.17) is 0 Å². The van der Waals surface area contributed by atoms with Crippen molar-refractivity contribution in [3.8, 4) is 0 Å². The van der Waals surface area contributed by atoms with Crippen molar-refractivity contribution in [3.05, 3.63) is 85.2 Å². The van der Waals surface area contributed by atoms with E-state index in [9.17, 15) is 14.0 Å². The standard InChI is InChI=1S/C24H22FN3O2S2/c1-24(2)10-15-18(16(29)11-24)19(17-8-5-9-31-17)20-21(26-15)27-23(28-22(20)30)32-12-13-6-3-4-7-14(13)25/h3-9,19H,10-12H2,1-2H3,(H2,26,27,28,30)/t19-/m0/s1. The van der Waals surface area contributed by atoms with Gasteiger partial charge in [-0.1, -0.05) is 49.9 Å². The molecule has 0 unspecified atom stereocenters. The van der Waals surface area contributed by atoms with Crippen molar-refractivity contribution in [2.45, 2.75) is 43.5 Å². The third kappa shape index (κ3) is 3.82. The van der Waals surface area contributed by atoms with Gasteiger partial charge in [0, 0.05) is 28.3 Å². The summed E-state index contributed by atoms with van der Waals surface area (Å²) in [6.45, 7) is 4.15. The van der Waals surface area contributed by atoms with Crippen molar-refractivity contribution in [3.63, 3.8) is 0 Å². The van der Waals surface area contributed by atoms with E-state index in [1.165, 1.54) is 29.2 Å². The zero-order valence-corrected chi connectivity index (χ0v) is 19.3. The maximum absolute atomic E-state index is 14.0. The number of fused-ring (bicyclic) bond motifs is 1. The van der Waals surface area contributed by atoms with E-state index in [2.05, 4.69) is 29.1 Å². The number of Topliss-reactive ketones (excluding diaryl/α,β-unsaturated/α-hetero) is 1. The molecule has 0 fully saturated rings. The molecule has 0 saturated carbocycles. The van der Waals surface area contributed by atoms with Gasteiger partial charge in [-0.25, -0.2) is 9.37 Å². The van der Waals surface area contributed by atoms with Crippen LogP contribution < -0.4 is 10.9 Å². The Bertz CT molecular complexity index is 1290. The van der Waals surface area contributed by atoms with Crippen LogP contribution in [-0.2, 0) is 10.5 Å². The molecule has 3 aromatic rings. The second-order valence-corrected chi connectivity index (χ2v) is 10.9.